The molecule has 0 spiro atoms. The van der Waals surface area contributed by atoms with Crippen molar-refractivity contribution >= 4 is 10.0 Å². The van der Waals surface area contributed by atoms with Crippen molar-refractivity contribution in [2.75, 3.05) is 26.5 Å². The zero-order chi connectivity index (χ0) is 15.3. The highest BCUT2D eigenvalue weighted by Crippen LogP contribution is 2.15. The Morgan fingerprint density at radius 2 is 1.86 bits per heavy atom. The molecule has 0 bridgehead atoms. The molecule has 1 saturated heterocycles. The van der Waals surface area contributed by atoms with Gasteiger partial charge in [-0.15, -0.1) is 0 Å². The van der Waals surface area contributed by atoms with E-state index >= 15 is 0 Å². The number of piperidine rings is 1. The fourth-order valence-electron chi connectivity index (χ4n) is 2.67. The van der Waals surface area contributed by atoms with Gasteiger partial charge >= 0.3 is 0 Å². The van der Waals surface area contributed by atoms with Crippen LogP contribution in [0.1, 0.15) is 24.0 Å². The van der Waals surface area contributed by atoms with Crippen molar-refractivity contribution in [3.63, 3.8) is 0 Å². The summed E-state index contributed by atoms with van der Waals surface area (Å²) in [6.07, 6.45) is 3.00. The fourth-order valence-corrected chi connectivity index (χ4v) is 3.55. The van der Waals surface area contributed by atoms with Gasteiger partial charge in [-0.25, -0.2) is 12.7 Å². The number of ether oxygens (including phenoxy) is 1. The van der Waals surface area contributed by atoms with Gasteiger partial charge in [0.1, 0.15) is 0 Å². The normalized spacial score (nSPS) is 18.0. The van der Waals surface area contributed by atoms with Crippen LogP contribution in [0, 0.1) is 0 Å². The monoisotopic (exact) mass is 312 g/mol. The van der Waals surface area contributed by atoms with Crippen molar-refractivity contribution in [2.45, 2.75) is 32.0 Å². The maximum absolute atomic E-state index is 11.5. The first kappa shape index (κ1) is 16.4. The Morgan fingerprint density at radius 3 is 2.43 bits per heavy atom. The summed E-state index contributed by atoms with van der Waals surface area (Å²) in [6, 6.07) is 8.60. The lowest BCUT2D eigenvalue weighted by atomic mass is 10.0. The Hall–Kier alpha value is -0.950. The van der Waals surface area contributed by atoms with Crippen molar-refractivity contribution in [2.24, 2.45) is 0 Å². The van der Waals surface area contributed by atoms with Gasteiger partial charge in [-0.3, -0.25) is 0 Å². The summed E-state index contributed by atoms with van der Waals surface area (Å²) >= 11 is 0. The molecule has 6 heteroatoms. The molecule has 1 aliphatic rings. The van der Waals surface area contributed by atoms with Crippen molar-refractivity contribution in [3.05, 3.63) is 35.4 Å². The number of rotatable bonds is 6. The van der Waals surface area contributed by atoms with Crippen LogP contribution in [0.4, 0.5) is 0 Å². The minimum atomic E-state index is -3.04. The molecule has 0 aliphatic carbocycles. The molecule has 1 aromatic carbocycles. The molecule has 0 aromatic heterocycles. The zero-order valence-electron chi connectivity index (χ0n) is 12.7. The van der Waals surface area contributed by atoms with Gasteiger partial charge in [0.25, 0.3) is 0 Å². The summed E-state index contributed by atoms with van der Waals surface area (Å²) in [5.41, 5.74) is 2.44. The summed E-state index contributed by atoms with van der Waals surface area (Å²) in [5, 5.41) is 3.53. The lowest BCUT2D eigenvalue weighted by molar-refractivity contribution is 0.184. The average molecular weight is 312 g/mol. The van der Waals surface area contributed by atoms with Gasteiger partial charge in [0.15, 0.2) is 0 Å². The number of benzene rings is 1. The first-order valence-corrected chi connectivity index (χ1v) is 9.10. The van der Waals surface area contributed by atoms with E-state index in [0.29, 0.717) is 25.7 Å². The Bertz CT molecular complexity index is 552. The lowest BCUT2D eigenvalue weighted by Crippen LogP contribution is -2.44. The van der Waals surface area contributed by atoms with Gasteiger partial charge in [0.05, 0.1) is 12.9 Å². The number of nitrogens with zero attached hydrogens (tertiary/aromatic N) is 1. The van der Waals surface area contributed by atoms with E-state index in [1.54, 1.807) is 11.4 Å². The molecule has 118 valence electrons. The standard InChI is InChI=1S/C15H24N2O3S/c1-20-12-14-6-4-3-5-13(14)11-16-15-7-9-17(10-8-15)21(2,18)19/h3-6,15-16H,7-12H2,1-2H3. The molecule has 0 atom stereocenters. The molecular formula is C15H24N2O3S. The molecule has 1 N–H and O–H groups in total. The molecule has 0 saturated carbocycles. The summed E-state index contributed by atoms with van der Waals surface area (Å²) in [6.45, 7) is 2.62. The molecule has 0 radical (unpaired) electrons. The van der Waals surface area contributed by atoms with Gasteiger partial charge in [-0.1, -0.05) is 24.3 Å². The van der Waals surface area contributed by atoms with Crippen molar-refractivity contribution in [1.82, 2.24) is 9.62 Å². The third-order valence-corrected chi connectivity index (χ3v) is 5.23. The zero-order valence-corrected chi connectivity index (χ0v) is 13.5. The smallest absolute Gasteiger partial charge is 0.211 e. The van der Waals surface area contributed by atoms with E-state index in [4.69, 9.17) is 4.74 Å². The van der Waals surface area contributed by atoms with E-state index in [0.717, 1.165) is 19.4 Å². The van der Waals surface area contributed by atoms with Crippen LogP contribution in [-0.2, 0) is 27.9 Å². The van der Waals surface area contributed by atoms with Crippen LogP contribution in [0.2, 0.25) is 0 Å². The van der Waals surface area contributed by atoms with E-state index in [1.165, 1.54) is 17.4 Å². The van der Waals surface area contributed by atoms with Gasteiger partial charge in [0, 0.05) is 32.8 Å². The first-order valence-electron chi connectivity index (χ1n) is 7.25. The lowest BCUT2D eigenvalue weighted by Gasteiger charge is -2.31. The molecule has 5 nitrogen and oxygen atoms in total. The highest BCUT2D eigenvalue weighted by Gasteiger charge is 2.24. The summed E-state index contributed by atoms with van der Waals surface area (Å²) in [5.74, 6) is 0. The third kappa shape index (κ3) is 4.78. The summed E-state index contributed by atoms with van der Waals surface area (Å²) in [4.78, 5) is 0. The topological polar surface area (TPSA) is 58.6 Å². The van der Waals surface area contributed by atoms with Crippen LogP contribution in [0.25, 0.3) is 0 Å². The average Bonchev–Trinajstić information content (AvgIpc) is 2.46. The SMILES string of the molecule is COCc1ccccc1CNC1CCN(S(C)(=O)=O)CC1. The Morgan fingerprint density at radius 1 is 1.24 bits per heavy atom. The second-order valence-corrected chi connectivity index (χ2v) is 7.50. The highest BCUT2D eigenvalue weighted by molar-refractivity contribution is 7.88. The summed E-state index contributed by atoms with van der Waals surface area (Å²) < 4.78 is 29.7. The predicted octanol–water partition coefficient (Wildman–Crippen LogP) is 1.35. The van der Waals surface area contributed by atoms with Gasteiger partial charge in [-0.2, -0.15) is 0 Å². The van der Waals surface area contributed by atoms with Crippen LogP contribution in [0.15, 0.2) is 24.3 Å². The van der Waals surface area contributed by atoms with E-state index in [1.807, 2.05) is 12.1 Å². The number of hydrogen-bond donors (Lipinski definition) is 1. The number of methoxy groups -OCH3 is 1. The minimum Gasteiger partial charge on any atom is -0.380 e. The van der Waals surface area contributed by atoms with E-state index < -0.39 is 10.0 Å². The van der Waals surface area contributed by atoms with Crippen LogP contribution in [0.3, 0.4) is 0 Å². The summed E-state index contributed by atoms with van der Waals surface area (Å²) in [7, 11) is -1.34. The molecule has 1 fully saturated rings. The molecule has 1 heterocycles. The third-order valence-electron chi connectivity index (χ3n) is 3.92. The molecule has 1 aromatic rings. The van der Waals surface area contributed by atoms with Crippen molar-refractivity contribution < 1.29 is 13.2 Å². The fraction of sp³-hybridized carbons (Fsp3) is 0.600. The molecule has 1 aliphatic heterocycles. The van der Waals surface area contributed by atoms with Gasteiger partial charge in [-0.05, 0) is 24.0 Å². The number of sulfonamides is 1. The van der Waals surface area contributed by atoms with Gasteiger partial charge in [0.2, 0.25) is 10.0 Å². The minimum absolute atomic E-state index is 0.374. The van der Waals surface area contributed by atoms with Crippen LogP contribution in [0.5, 0.6) is 0 Å². The largest absolute Gasteiger partial charge is 0.380 e. The van der Waals surface area contributed by atoms with E-state index in [-0.39, 0.29) is 0 Å². The number of nitrogens with one attached hydrogen (secondary N) is 1. The van der Waals surface area contributed by atoms with E-state index in [2.05, 4.69) is 17.4 Å². The maximum atomic E-state index is 11.5. The quantitative estimate of drug-likeness (QED) is 0.861. The molecular weight excluding hydrogens is 288 g/mol. The van der Waals surface area contributed by atoms with Gasteiger partial charge < -0.3 is 10.1 Å². The van der Waals surface area contributed by atoms with Crippen LogP contribution in [-0.4, -0.2) is 45.2 Å². The van der Waals surface area contributed by atoms with E-state index in [9.17, 15) is 8.42 Å². The van der Waals surface area contributed by atoms with Crippen LogP contribution >= 0.6 is 0 Å². The van der Waals surface area contributed by atoms with Crippen LogP contribution < -0.4 is 5.32 Å². The van der Waals surface area contributed by atoms with Crippen molar-refractivity contribution in [1.29, 1.82) is 0 Å². The Kier molecular flexibility index (Phi) is 5.75. The Labute approximate surface area is 127 Å². The maximum Gasteiger partial charge on any atom is 0.211 e. The highest BCUT2D eigenvalue weighted by atomic mass is 32.2. The molecule has 2 rings (SSSR count). The predicted molar refractivity (Wildman–Crippen MR) is 83.4 cm³/mol. The molecule has 0 unspecified atom stereocenters. The molecule has 0 amide bonds. The first-order chi connectivity index (χ1) is 10.0. The molecule has 21 heavy (non-hydrogen) atoms. The van der Waals surface area contributed by atoms with Crippen molar-refractivity contribution in [3.8, 4) is 0 Å². The second-order valence-electron chi connectivity index (χ2n) is 5.52. The number of hydrogen-bond acceptors (Lipinski definition) is 4. The Balaban J connectivity index is 1.85. The second kappa shape index (κ2) is 7.35.